The van der Waals surface area contributed by atoms with Gasteiger partial charge in [0.25, 0.3) is 0 Å². The second-order valence-electron chi connectivity index (χ2n) is 3.14. The minimum atomic E-state index is 0.0997. The Hall–Kier alpha value is -1.57. The van der Waals surface area contributed by atoms with Crippen LogP contribution in [0.3, 0.4) is 0 Å². The lowest BCUT2D eigenvalue weighted by Crippen LogP contribution is -2.00. The van der Waals surface area contributed by atoms with Crippen molar-refractivity contribution < 1.29 is 4.79 Å². The summed E-state index contributed by atoms with van der Waals surface area (Å²) in [6.07, 6.45) is 2.81. The zero-order valence-corrected chi connectivity index (χ0v) is 8.42. The number of benzene rings is 1. The van der Waals surface area contributed by atoms with Gasteiger partial charge in [-0.2, -0.15) is 0 Å². The lowest BCUT2D eigenvalue weighted by Gasteiger charge is -2.04. The molecule has 0 aliphatic carbocycles. The minimum Gasteiger partial charge on any atom is -0.385 e. The molecule has 2 heteroatoms. The monoisotopic (exact) mass is 189 g/mol. The molecule has 0 unspecified atom stereocenters. The molecule has 0 aromatic heterocycles. The van der Waals surface area contributed by atoms with Crippen molar-refractivity contribution in [2.75, 3.05) is 11.9 Å². The molecule has 74 valence electrons. The van der Waals surface area contributed by atoms with Crippen LogP contribution >= 0.6 is 0 Å². The molecule has 0 amide bonds. The fourth-order valence-electron chi connectivity index (χ4n) is 1.14. The third kappa shape index (κ3) is 3.05. The number of ketones is 1. The molecule has 0 heterocycles. The Bertz CT molecular complexity index is 314. The summed E-state index contributed by atoms with van der Waals surface area (Å²) in [6.45, 7) is 6.09. The van der Waals surface area contributed by atoms with Gasteiger partial charge in [0.1, 0.15) is 0 Å². The van der Waals surface area contributed by atoms with Crippen LogP contribution in [0.1, 0.15) is 23.7 Å². The van der Waals surface area contributed by atoms with Gasteiger partial charge in [0, 0.05) is 17.8 Å². The minimum absolute atomic E-state index is 0.0997. The van der Waals surface area contributed by atoms with Crippen molar-refractivity contribution >= 4 is 11.5 Å². The number of carbonyl (C=O) groups excluding carboxylic acids is 1. The van der Waals surface area contributed by atoms with Crippen LogP contribution in [-0.4, -0.2) is 12.3 Å². The molecular weight excluding hydrogens is 174 g/mol. The maximum absolute atomic E-state index is 11.0. The summed E-state index contributed by atoms with van der Waals surface area (Å²) < 4.78 is 0. The summed E-state index contributed by atoms with van der Waals surface area (Å²) in [6, 6.07) is 7.50. The fraction of sp³-hybridized carbons (Fsp3) is 0.250. The van der Waals surface area contributed by atoms with E-state index in [-0.39, 0.29) is 5.78 Å². The molecule has 14 heavy (non-hydrogen) atoms. The van der Waals surface area contributed by atoms with Crippen molar-refractivity contribution in [1.29, 1.82) is 0 Å². The second kappa shape index (κ2) is 5.22. The highest BCUT2D eigenvalue weighted by atomic mass is 16.1. The number of hydrogen-bond donors (Lipinski definition) is 1. The number of hydrogen-bond acceptors (Lipinski definition) is 2. The van der Waals surface area contributed by atoms with Crippen LogP contribution in [0.2, 0.25) is 0 Å². The highest BCUT2D eigenvalue weighted by Crippen LogP contribution is 2.09. The molecule has 0 saturated heterocycles. The quantitative estimate of drug-likeness (QED) is 0.438. The van der Waals surface area contributed by atoms with Gasteiger partial charge in [-0.1, -0.05) is 6.08 Å². The number of carbonyl (C=O) groups is 1. The highest BCUT2D eigenvalue weighted by molar-refractivity contribution is 5.94. The molecule has 0 radical (unpaired) electrons. The molecule has 1 N–H and O–H groups in total. The van der Waals surface area contributed by atoms with Crippen molar-refractivity contribution in [3.05, 3.63) is 42.5 Å². The van der Waals surface area contributed by atoms with E-state index in [9.17, 15) is 4.79 Å². The number of Topliss-reactive ketones (excluding diaryl/α,β-unsaturated/α-hetero) is 1. The Morgan fingerprint density at radius 3 is 2.57 bits per heavy atom. The lowest BCUT2D eigenvalue weighted by molar-refractivity contribution is 0.101. The van der Waals surface area contributed by atoms with E-state index in [2.05, 4.69) is 11.9 Å². The van der Waals surface area contributed by atoms with Gasteiger partial charge in [-0.25, -0.2) is 0 Å². The van der Waals surface area contributed by atoms with Gasteiger partial charge in [-0.15, -0.1) is 6.58 Å². The molecule has 0 spiro atoms. The summed E-state index contributed by atoms with van der Waals surface area (Å²) in [5, 5.41) is 3.23. The molecule has 0 saturated carbocycles. The standard InChI is InChI=1S/C12H15NO/c1-3-4-9-13-12-7-5-11(6-8-12)10(2)14/h3,5-8,13H,1,4,9H2,2H3. The molecular formula is C12H15NO. The molecule has 0 aliphatic heterocycles. The molecule has 2 nitrogen and oxygen atoms in total. The van der Waals surface area contributed by atoms with E-state index < -0.39 is 0 Å². The van der Waals surface area contributed by atoms with Gasteiger partial charge in [0.2, 0.25) is 0 Å². The van der Waals surface area contributed by atoms with Crippen LogP contribution in [-0.2, 0) is 0 Å². The van der Waals surface area contributed by atoms with E-state index in [1.807, 2.05) is 30.3 Å². The molecule has 1 rings (SSSR count). The fourth-order valence-corrected chi connectivity index (χ4v) is 1.14. The van der Waals surface area contributed by atoms with Gasteiger partial charge in [-0.05, 0) is 37.6 Å². The average molecular weight is 189 g/mol. The Balaban J connectivity index is 2.55. The van der Waals surface area contributed by atoms with Crippen molar-refractivity contribution in [3.63, 3.8) is 0 Å². The predicted octanol–water partition coefficient (Wildman–Crippen LogP) is 2.88. The maximum atomic E-state index is 11.0. The SMILES string of the molecule is C=CCCNc1ccc(C(C)=O)cc1. The smallest absolute Gasteiger partial charge is 0.159 e. The summed E-state index contributed by atoms with van der Waals surface area (Å²) in [5.74, 6) is 0.0997. The zero-order chi connectivity index (χ0) is 10.4. The Morgan fingerprint density at radius 1 is 1.43 bits per heavy atom. The number of rotatable bonds is 5. The second-order valence-corrected chi connectivity index (χ2v) is 3.14. The summed E-state index contributed by atoms with van der Waals surface area (Å²) in [7, 11) is 0. The normalized spacial score (nSPS) is 9.50. The first kappa shape index (κ1) is 10.5. The summed E-state index contributed by atoms with van der Waals surface area (Å²) >= 11 is 0. The molecule has 0 atom stereocenters. The van der Waals surface area contributed by atoms with Gasteiger partial charge in [-0.3, -0.25) is 4.79 Å². The molecule has 0 fully saturated rings. The third-order valence-electron chi connectivity index (χ3n) is 1.97. The van der Waals surface area contributed by atoms with Gasteiger partial charge < -0.3 is 5.32 Å². The van der Waals surface area contributed by atoms with Crippen LogP contribution in [0.5, 0.6) is 0 Å². The largest absolute Gasteiger partial charge is 0.385 e. The molecule has 0 bridgehead atoms. The lowest BCUT2D eigenvalue weighted by atomic mass is 10.1. The van der Waals surface area contributed by atoms with Gasteiger partial charge in [0.05, 0.1) is 0 Å². The summed E-state index contributed by atoms with van der Waals surface area (Å²) in [4.78, 5) is 11.0. The van der Waals surface area contributed by atoms with Crippen LogP contribution in [0.15, 0.2) is 36.9 Å². The summed E-state index contributed by atoms with van der Waals surface area (Å²) in [5.41, 5.74) is 1.79. The van der Waals surface area contributed by atoms with E-state index in [1.165, 1.54) is 0 Å². The third-order valence-corrected chi connectivity index (χ3v) is 1.97. The first-order chi connectivity index (χ1) is 6.74. The van der Waals surface area contributed by atoms with E-state index in [4.69, 9.17) is 0 Å². The van der Waals surface area contributed by atoms with Crippen molar-refractivity contribution in [2.24, 2.45) is 0 Å². The Morgan fingerprint density at radius 2 is 2.07 bits per heavy atom. The van der Waals surface area contributed by atoms with E-state index in [1.54, 1.807) is 6.92 Å². The Labute approximate surface area is 84.6 Å². The van der Waals surface area contributed by atoms with Crippen LogP contribution in [0.25, 0.3) is 0 Å². The predicted molar refractivity (Wildman–Crippen MR) is 59.8 cm³/mol. The Kier molecular flexibility index (Phi) is 3.92. The van der Waals surface area contributed by atoms with Crippen LogP contribution < -0.4 is 5.32 Å². The number of nitrogens with one attached hydrogen (secondary N) is 1. The van der Waals surface area contributed by atoms with E-state index >= 15 is 0 Å². The average Bonchev–Trinajstić information content (AvgIpc) is 2.19. The maximum Gasteiger partial charge on any atom is 0.159 e. The first-order valence-electron chi connectivity index (χ1n) is 4.70. The number of anilines is 1. The van der Waals surface area contributed by atoms with Gasteiger partial charge >= 0.3 is 0 Å². The molecule has 1 aromatic rings. The highest BCUT2D eigenvalue weighted by Gasteiger charge is 1.97. The molecule has 1 aromatic carbocycles. The van der Waals surface area contributed by atoms with E-state index in [0.29, 0.717) is 0 Å². The molecule has 0 aliphatic rings. The zero-order valence-electron chi connectivity index (χ0n) is 8.42. The van der Waals surface area contributed by atoms with E-state index in [0.717, 1.165) is 24.2 Å². The first-order valence-corrected chi connectivity index (χ1v) is 4.70. The van der Waals surface area contributed by atoms with Crippen molar-refractivity contribution in [2.45, 2.75) is 13.3 Å². The van der Waals surface area contributed by atoms with Crippen molar-refractivity contribution in [1.82, 2.24) is 0 Å². The topological polar surface area (TPSA) is 29.1 Å². The van der Waals surface area contributed by atoms with Crippen LogP contribution in [0, 0.1) is 0 Å². The van der Waals surface area contributed by atoms with Crippen LogP contribution in [0.4, 0.5) is 5.69 Å². The van der Waals surface area contributed by atoms with Gasteiger partial charge in [0.15, 0.2) is 5.78 Å². The van der Waals surface area contributed by atoms with Crippen molar-refractivity contribution in [3.8, 4) is 0 Å².